The largest absolute Gasteiger partial charge is 0.480 e. The van der Waals surface area contributed by atoms with Crippen molar-refractivity contribution in [2.45, 2.75) is 63.2 Å². The number of fused-ring (bicyclic) bond motifs is 1. The second kappa shape index (κ2) is 11.7. The summed E-state index contributed by atoms with van der Waals surface area (Å²) in [5.74, 6) is -3.43. The molecule has 0 aliphatic carbocycles. The van der Waals surface area contributed by atoms with E-state index in [2.05, 4.69) is 15.6 Å². The highest BCUT2D eigenvalue weighted by Crippen LogP contribution is 2.20. The van der Waals surface area contributed by atoms with Crippen molar-refractivity contribution >= 4 is 40.5 Å². The quantitative estimate of drug-likeness (QED) is 0.236. The molecule has 12 heteroatoms. The minimum Gasteiger partial charge on any atom is -0.480 e. The number of aliphatic carboxylic acids is 1. The lowest BCUT2D eigenvalue weighted by Crippen LogP contribution is -2.56. The maximum Gasteiger partial charge on any atom is 0.326 e. The summed E-state index contributed by atoms with van der Waals surface area (Å²) in [7, 11) is 0. The van der Waals surface area contributed by atoms with E-state index in [0.29, 0.717) is 19.4 Å². The van der Waals surface area contributed by atoms with Crippen LogP contribution in [0.3, 0.4) is 0 Å². The molecule has 3 rings (SSSR count). The zero-order valence-electron chi connectivity index (χ0n) is 20.0. The predicted octanol–water partition coefficient (Wildman–Crippen LogP) is -0.632. The molecule has 2 aromatic rings. The van der Waals surface area contributed by atoms with Crippen LogP contribution < -0.4 is 22.1 Å². The molecule has 1 aromatic carbocycles. The summed E-state index contributed by atoms with van der Waals surface area (Å²) in [5.41, 5.74) is 12.6. The maximum absolute atomic E-state index is 12.9. The van der Waals surface area contributed by atoms with Gasteiger partial charge in [0.15, 0.2) is 0 Å². The lowest BCUT2D eigenvalue weighted by molar-refractivity contribution is -0.143. The topological polar surface area (TPSA) is 201 Å². The van der Waals surface area contributed by atoms with E-state index in [-0.39, 0.29) is 19.3 Å². The molecule has 8 N–H and O–H groups in total. The molecule has 1 aliphatic rings. The number of carbonyl (C=O) groups excluding carboxylic acids is 4. The number of para-hydroxylation sites is 1. The van der Waals surface area contributed by atoms with E-state index >= 15 is 0 Å². The van der Waals surface area contributed by atoms with E-state index in [1.54, 1.807) is 6.20 Å². The predicted molar refractivity (Wildman–Crippen MR) is 130 cm³/mol. The van der Waals surface area contributed by atoms with Gasteiger partial charge in [-0.05, 0) is 37.8 Å². The lowest BCUT2D eigenvalue weighted by Gasteiger charge is -2.27. The van der Waals surface area contributed by atoms with Crippen molar-refractivity contribution in [1.29, 1.82) is 0 Å². The van der Waals surface area contributed by atoms with Crippen LogP contribution in [-0.4, -0.2) is 75.3 Å². The molecule has 1 aliphatic heterocycles. The third-order valence-corrected chi connectivity index (χ3v) is 6.32. The molecule has 0 spiro atoms. The number of carbonyl (C=O) groups is 5. The number of aromatic nitrogens is 1. The molecule has 36 heavy (non-hydrogen) atoms. The van der Waals surface area contributed by atoms with Crippen molar-refractivity contribution in [1.82, 2.24) is 20.5 Å². The van der Waals surface area contributed by atoms with Gasteiger partial charge in [-0.15, -0.1) is 0 Å². The SMILES string of the molecule is CC(NC(=O)C1CCCN1C(=O)C(N)CCC(N)=O)C(=O)NC(Cc1c[nH]c2ccccc12)C(=O)O. The number of H-pyrrole nitrogens is 1. The average Bonchev–Trinajstić information content (AvgIpc) is 3.49. The summed E-state index contributed by atoms with van der Waals surface area (Å²) in [6, 6.07) is 3.41. The first kappa shape index (κ1) is 26.7. The Bertz CT molecular complexity index is 1150. The summed E-state index contributed by atoms with van der Waals surface area (Å²) in [6.45, 7) is 1.77. The molecule has 4 unspecified atom stereocenters. The second-order valence-corrected chi connectivity index (χ2v) is 8.99. The second-order valence-electron chi connectivity index (χ2n) is 8.99. The van der Waals surface area contributed by atoms with Crippen LogP contribution in [0.5, 0.6) is 0 Å². The monoisotopic (exact) mass is 500 g/mol. The number of nitrogens with zero attached hydrogens (tertiary/aromatic N) is 1. The minimum absolute atomic E-state index is 0.0435. The molecular weight excluding hydrogens is 468 g/mol. The van der Waals surface area contributed by atoms with E-state index in [9.17, 15) is 29.1 Å². The van der Waals surface area contributed by atoms with Gasteiger partial charge in [0, 0.05) is 36.5 Å². The van der Waals surface area contributed by atoms with Gasteiger partial charge in [0.25, 0.3) is 0 Å². The van der Waals surface area contributed by atoms with Crippen molar-refractivity contribution in [3.63, 3.8) is 0 Å². The van der Waals surface area contributed by atoms with Gasteiger partial charge in [-0.25, -0.2) is 4.79 Å². The summed E-state index contributed by atoms with van der Waals surface area (Å²) in [5, 5.41) is 15.6. The van der Waals surface area contributed by atoms with E-state index in [4.69, 9.17) is 11.5 Å². The van der Waals surface area contributed by atoms with Crippen LogP contribution in [0.25, 0.3) is 10.9 Å². The third-order valence-electron chi connectivity index (χ3n) is 6.32. The van der Waals surface area contributed by atoms with E-state index in [1.807, 2.05) is 24.3 Å². The summed E-state index contributed by atoms with van der Waals surface area (Å²) >= 11 is 0. The van der Waals surface area contributed by atoms with Gasteiger partial charge in [-0.3, -0.25) is 19.2 Å². The van der Waals surface area contributed by atoms with Gasteiger partial charge in [0.2, 0.25) is 23.6 Å². The van der Waals surface area contributed by atoms with Crippen molar-refractivity contribution in [2.75, 3.05) is 6.54 Å². The molecular formula is C24H32N6O6. The highest BCUT2D eigenvalue weighted by atomic mass is 16.4. The van der Waals surface area contributed by atoms with Crippen LogP contribution >= 0.6 is 0 Å². The van der Waals surface area contributed by atoms with E-state index in [0.717, 1.165) is 16.5 Å². The van der Waals surface area contributed by atoms with E-state index in [1.165, 1.54) is 11.8 Å². The Labute approximate surface area is 207 Å². The molecule has 194 valence electrons. The first-order valence-corrected chi connectivity index (χ1v) is 11.8. The van der Waals surface area contributed by atoms with Gasteiger partial charge in [-0.2, -0.15) is 0 Å². The smallest absolute Gasteiger partial charge is 0.326 e. The molecule has 1 fully saturated rings. The summed E-state index contributed by atoms with van der Waals surface area (Å²) < 4.78 is 0. The molecule has 12 nitrogen and oxygen atoms in total. The molecule has 0 radical (unpaired) electrons. The first-order valence-electron chi connectivity index (χ1n) is 11.8. The Hall–Kier alpha value is -3.93. The van der Waals surface area contributed by atoms with Crippen molar-refractivity contribution < 1.29 is 29.1 Å². The van der Waals surface area contributed by atoms with E-state index < -0.39 is 53.8 Å². The Kier molecular flexibility index (Phi) is 8.64. The number of nitrogens with two attached hydrogens (primary N) is 2. The number of carboxylic acid groups (broad SMARTS) is 1. The summed E-state index contributed by atoms with van der Waals surface area (Å²) in [4.78, 5) is 65.5. The van der Waals surface area contributed by atoms with Crippen molar-refractivity contribution in [2.24, 2.45) is 11.5 Å². The zero-order valence-corrected chi connectivity index (χ0v) is 20.0. The maximum atomic E-state index is 12.9. The Balaban J connectivity index is 1.59. The zero-order chi connectivity index (χ0) is 26.4. The number of hydrogen-bond donors (Lipinski definition) is 6. The van der Waals surface area contributed by atoms with Crippen LogP contribution in [0.2, 0.25) is 0 Å². The molecule has 1 aromatic heterocycles. The van der Waals surface area contributed by atoms with Gasteiger partial charge < -0.3 is 37.1 Å². The number of benzene rings is 1. The normalized spacial score (nSPS) is 17.8. The van der Waals surface area contributed by atoms with Gasteiger partial charge in [-0.1, -0.05) is 18.2 Å². The first-order chi connectivity index (χ1) is 17.1. The number of carboxylic acids is 1. The Morgan fingerprint density at radius 1 is 1.19 bits per heavy atom. The van der Waals surface area contributed by atoms with Crippen LogP contribution in [0.4, 0.5) is 0 Å². The number of rotatable bonds is 11. The molecule has 1 saturated heterocycles. The van der Waals surface area contributed by atoms with Gasteiger partial charge >= 0.3 is 5.97 Å². The standard InChI is InChI=1S/C24H32N6O6/c1-13(28-22(33)19-7-4-10-30(19)23(34)16(25)8-9-20(26)31)21(32)29-18(24(35)36)11-14-12-27-17-6-3-2-5-15(14)17/h2-3,5-6,12-13,16,18-19,27H,4,7-11,25H2,1H3,(H2,26,31)(H,28,33)(H,29,32)(H,35,36). The average molecular weight is 501 g/mol. The Morgan fingerprint density at radius 3 is 2.61 bits per heavy atom. The highest BCUT2D eigenvalue weighted by molar-refractivity contribution is 5.94. The van der Waals surface area contributed by atoms with Crippen LogP contribution in [0, 0.1) is 0 Å². The number of aromatic amines is 1. The highest BCUT2D eigenvalue weighted by Gasteiger charge is 2.37. The molecule has 4 amide bonds. The summed E-state index contributed by atoms with van der Waals surface area (Å²) in [6.07, 6.45) is 2.77. The van der Waals surface area contributed by atoms with Gasteiger partial charge in [0.05, 0.1) is 6.04 Å². The van der Waals surface area contributed by atoms with Crippen LogP contribution in [0.1, 0.15) is 38.2 Å². The fraction of sp³-hybridized carbons (Fsp3) is 0.458. The number of hydrogen-bond acceptors (Lipinski definition) is 6. The fourth-order valence-corrected chi connectivity index (χ4v) is 4.33. The molecule has 0 saturated carbocycles. The molecule has 2 heterocycles. The third kappa shape index (κ3) is 6.39. The van der Waals surface area contributed by atoms with Crippen LogP contribution in [-0.2, 0) is 30.4 Å². The number of nitrogens with one attached hydrogen (secondary N) is 3. The number of likely N-dealkylation sites (tertiary alicyclic amines) is 1. The number of primary amides is 1. The minimum atomic E-state index is -1.20. The Morgan fingerprint density at radius 2 is 1.92 bits per heavy atom. The number of amides is 4. The van der Waals surface area contributed by atoms with Crippen LogP contribution in [0.15, 0.2) is 30.5 Å². The fourth-order valence-electron chi connectivity index (χ4n) is 4.33. The molecule has 0 bridgehead atoms. The lowest BCUT2D eigenvalue weighted by atomic mass is 10.0. The van der Waals surface area contributed by atoms with Gasteiger partial charge in [0.1, 0.15) is 18.1 Å². The molecule has 4 atom stereocenters. The van der Waals surface area contributed by atoms with Crippen molar-refractivity contribution in [3.8, 4) is 0 Å². The van der Waals surface area contributed by atoms with Crippen molar-refractivity contribution in [3.05, 3.63) is 36.0 Å².